The SMILES string of the molecule is C=CCOc1cc(C(=O)OC)ccc1[IH+]. The number of hydrogen-bond donors (Lipinski definition) is 0. The zero-order valence-corrected chi connectivity index (χ0v) is 10.7. The Morgan fingerprint density at radius 3 is 2.93 bits per heavy atom. The molecule has 0 radical (unpaired) electrons. The Labute approximate surface area is 102 Å². The molecule has 0 unspecified atom stereocenters. The molecule has 0 amide bonds. The fourth-order valence-corrected chi connectivity index (χ4v) is 1.54. The van der Waals surface area contributed by atoms with E-state index in [-0.39, 0.29) is 5.97 Å². The Kier molecular flexibility index (Phi) is 4.61. The normalized spacial score (nSPS) is 9.47. The molecule has 0 aromatic heterocycles. The summed E-state index contributed by atoms with van der Waals surface area (Å²) >= 11 is 1.84. The number of hydrogen-bond acceptors (Lipinski definition) is 3. The summed E-state index contributed by atoms with van der Waals surface area (Å²) in [5.74, 6) is 0.322. The van der Waals surface area contributed by atoms with Gasteiger partial charge in [-0.25, -0.2) is 4.79 Å². The molecule has 0 aliphatic heterocycles. The van der Waals surface area contributed by atoms with Crippen molar-refractivity contribution in [1.82, 2.24) is 0 Å². The van der Waals surface area contributed by atoms with Crippen LogP contribution in [0.4, 0.5) is 0 Å². The molecule has 15 heavy (non-hydrogen) atoms. The maximum atomic E-state index is 11.3. The summed E-state index contributed by atoms with van der Waals surface area (Å²) < 4.78 is 11.0. The van der Waals surface area contributed by atoms with Crippen LogP contribution >= 0.6 is 0 Å². The van der Waals surface area contributed by atoms with Gasteiger partial charge in [0.1, 0.15) is 6.61 Å². The maximum absolute atomic E-state index is 11.3. The molecule has 0 saturated carbocycles. The number of carbonyl (C=O) groups excluding carboxylic acids is 1. The number of carbonyl (C=O) groups is 1. The van der Waals surface area contributed by atoms with Crippen molar-refractivity contribution in [3.05, 3.63) is 40.0 Å². The molecule has 0 fully saturated rings. The molecule has 80 valence electrons. The predicted molar refractivity (Wildman–Crippen MR) is 53.6 cm³/mol. The topological polar surface area (TPSA) is 35.5 Å². The third-order valence-corrected chi connectivity index (χ3v) is 2.68. The van der Waals surface area contributed by atoms with Crippen molar-refractivity contribution in [3.63, 3.8) is 0 Å². The molecule has 3 nitrogen and oxygen atoms in total. The summed E-state index contributed by atoms with van der Waals surface area (Å²) in [7, 11) is 1.35. The number of halogens is 1. The average Bonchev–Trinajstić information content (AvgIpc) is 2.27. The van der Waals surface area contributed by atoms with Crippen LogP contribution in [0.5, 0.6) is 5.75 Å². The summed E-state index contributed by atoms with van der Waals surface area (Å²) in [6.07, 6.45) is 1.66. The van der Waals surface area contributed by atoms with Crippen molar-refractivity contribution >= 4 is 5.97 Å². The summed E-state index contributed by atoms with van der Waals surface area (Å²) in [5.41, 5.74) is 0.490. The van der Waals surface area contributed by atoms with Gasteiger partial charge >= 0.3 is 28.6 Å². The van der Waals surface area contributed by atoms with Gasteiger partial charge in [-0.05, 0) is 18.2 Å². The molecule has 0 aliphatic rings. The van der Waals surface area contributed by atoms with Crippen LogP contribution in [0.3, 0.4) is 0 Å². The Hall–Kier alpha value is -1.04. The smallest absolute Gasteiger partial charge is 0.337 e. The van der Waals surface area contributed by atoms with Gasteiger partial charge < -0.3 is 9.47 Å². The molecule has 0 heterocycles. The Morgan fingerprint density at radius 1 is 1.60 bits per heavy atom. The Bertz CT molecular complexity index is 374. The summed E-state index contributed by atoms with van der Waals surface area (Å²) in [6.45, 7) is 3.99. The van der Waals surface area contributed by atoms with E-state index in [1.807, 2.05) is 28.7 Å². The van der Waals surface area contributed by atoms with Gasteiger partial charge in [-0.15, -0.1) is 0 Å². The van der Waals surface area contributed by atoms with Crippen LogP contribution < -0.4 is 27.3 Å². The van der Waals surface area contributed by atoms with Gasteiger partial charge in [-0.3, -0.25) is 0 Å². The first kappa shape index (κ1) is 12.0. The third kappa shape index (κ3) is 3.23. The molecule has 1 aromatic carbocycles. The second kappa shape index (κ2) is 5.75. The molecule has 0 spiro atoms. The highest BCUT2D eigenvalue weighted by Gasteiger charge is 2.13. The molecule has 0 bridgehead atoms. The standard InChI is InChI=1S/C11H12IO3/c1-3-6-15-10-7-8(11(13)14-2)4-5-9(10)12/h3-5,7,12H,1,6H2,2H3/q+1. The molecule has 0 saturated heterocycles. The quantitative estimate of drug-likeness (QED) is 0.385. The maximum Gasteiger partial charge on any atom is 0.337 e. The third-order valence-electron chi connectivity index (χ3n) is 1.72. The van der Waals surface area contributed by atoms with Gasteiger partial charge in [-0.1, -0.05) is 12.7 Å². The monoisotopic (exact) mass is 319 g/mol. The summed E-state index contributed by atoms with van der Waals surface area (Å²) in [4.78, 5) is 11.3. The van der Waals surface area contributed by atoms with Crippen LogP contribution in [0.2, 0.25) is 0 Å². The highest BCUT2D eigenvalue weighted by Crippen LogP contribution is 2.14. The molecule has 1 rings (SSSR count). The van der Waals surface area contributed by atoms with Crippen molar-refractivity contribution in [1.29, 1.82) is 0 Å². The lowest BCUT2D eigenvalue weighted by Gasteiger charge is -2.04. The number of methoxy groups -OCH3 is 1. The molecular weight excluding hydrogens is 307 g/mol. The van der Waals surface area contributed by atoms with Crippen LogP contribution in [0, 0.1) is 3.57 Å². The number of benzene rings is 1. The van der Waals surface area contributed by atoms with Crippen LogP contribution in [-0.2, 0) is 4.74 Å². The summed E-state index contributed by atoms with van der Waals surface area (Å²) in [6, 6.07) is 5.22. The number of ether oxygens (including phenoxy) is 2. The highest BCUT2D eigenvalue weighted by molar-refractivity contribution is 5.89. The fraction of sp³-hybridized carbons (Fsp3) is 0.182. The van der Waals surface area contributed by atoms with Gasteiger partial charge in [0.15, 0.2) is 5.75 Å². The highest BCUT2D eigenvalue weighted by atomic mass is 127. The lowest BCUT2D eigenvalue weighted by Crippen LogP contribution is -3.34. The van der Waals surface area contributed by atoms with Crippen molar-refractivity contribution in [2.45, 2.75) is 0 Å². The minimum Gasteiger partial charge on any atom is -0.485 e. The second-order valence-corrected chi connectivity index (χ2v) is 4.01. The Morgan fingerprint density at radius 2 is 2.33 bits per heavy atom. The van der Waals surface area contributed by atoms with Crippen LogP contribution in [0.25, 0.3) is 0 Å². The molecular formula is C11H12IO3+. The minimum absolute atomic E-state index is 0.361. The van der Waals surface area contributed by atoms with Gasteiger partial charge in [0.05, 0.1) is 12.7 Å². The van der Waals surface area contributed by atoms with Gasteiger partial charge in [0.2, 0.25) is 3.57 Å². The van der Waals surface area contributed by atoms with Gasteiger partial charge in [-0.2, -0.15) is 0 Å². The van der Waals surface area contributed by atoms with Gasteiger partial charge in [0.25, 0.3) is 0 Å². The van der Waals surface area contributed by atoms with Crippen LogP contribution in [0.15, 0.2) is 30.9 Å². The molecule has 0 atom stereocenters. The fourth-order valence-electron chi connectivity index (χ4n) is 1.01. The number of esters is 1. The van der Waals surface area contributed by atoms with E-state index in [1.165, 1.54) is 7.11 Å². The van der Waals surface area contributed by atoms with Crippen molar-refractivity contribution in [2.75, 3.05) is 13.7 Å². The van der Waals surface area contributed by atoms with E-state index in [4.69, 9.17) is 4.74 Å². The Balaban J connectivity index is 2.94. The molecule has 0 N–H and O–H groups in total. The predicted octanol–water partition coefficient (Wildman–Crippen LogP) is -1.51. The van der Waals surface area contributed by atoms with Crippen molar-refractivity contribution in [2.24, 2.45) is 0 Å². The molecule has 1 aromatic rings. The minimum atomic E-state index is -0.361. The van der Waals surface area contributed by atoms with E-state index >= 15 is 0 Å². The molecule has 0 aliphatic carbocycles. The van der Waals surface area contributed by atoms with E-state index in [2.05, 4.69) is 11.3 Å². The lowest BCUT2D eigenvalue weighted by molar-refractivity contribution is -0.330. The first-order chi connectivity index (χ1) is 7.19. The van der Waals surface area contributed by atoms with Gasteiger partial charge in [0, 0.05) is 0 Å². The zero-order valence-electron chi connectivity index (χ0n) is 8.36. The van der Waals surface area contributed by atoms with Crippen molar-refractivity contribution < 1.29 is 36.9 Å². The largest absolute Gasteiger partial charge is 0.485 e. The molecule has 4 heteroatoms. The van der Waals surface area contributed by atoms with Crippen LogP contribution in [-0.4, -0.2) is 19.7 Å². The van der Waals surface area contributed by atoms with E-state index in [1.54, 1.807) is 18.2 Å². The first-order valence-electron chi connectivity index (χ1n) is 4.32. The number of rotatable bonds is 4. The van der Waals surface area contributed by atoms with E-state index < -0.39 is 0 Å². The summed E-state index contributed by atoms with van der Waals surface area (Å²) in [5, 5.41) is 0. The van der Waals surface area contributed by atoms with Crippen molar-refractivity contribution in [3.8, 4) is 5.75 Å². The average molecular weight is 319 g/mol. The van der Waals surface area contributed by atoms with E-state index in [0.717, 1.165) is 3.57 Å². The van der Waals surface area contributed by atoms with E-state index in [0.29, 0.717) is 17.9 Å². The lowest BCUT2D eigenvalue weighted by atomic mass is 10.2. The first-order valence-corrected chi connectivity index (χ1v) is 5.48. The van der Waals surface area contributed by atoms with Crippen LogP contribution in [0.1, 0.15) is 10.4 Å². The second-order valence-electron chi connectivity index (χ2n) is 2.75. The van der Waals surface area contributed by atoms with E-state index in [9.17, 15) is 4.79 Å². The zero-order chi connectivity index (χ0) is 11.3.